The predicted octanol–water partition coefficient (Wildman–Crippen LogP) is 3.29. The molecule has 4 heterocycles. The van der Waals surface area contributed by atoms with Crippen LogP contribution in [0.15, 0.2) is 29.2 Å². The molecule has 5 rings (SSSR count). The molecule has 1 aromatic carbocycles. The highest BCUT2D eigenvalue weighted by atomic mass is 35.5. The van der Waals surface area contributed by atoms with Crippen LogP contribution >= 0.6 is 11.6 Å². The minimum atomic E-state index is -0.266. The molecule has 0 spiro atoms. The number of pyridine rings is 1. The molecule has 0 radical (unpaired) electrons. The Kier molecular flexibility index (Phi) is 5.68. The number of methoxy groups -OCH3 is 2. The number of hydrogen-bond acceptors (Lipinski definition) is 5. The quantitative estimate of drug-likeness (QED) is 0.596. The summed E-state index contributed by atoms with van der Waals surface area (Å²) in [4.78, 5) is 31.0. The Morgan fingerprint density at radius 1 is 1.24 bits per heavy atom. The van der Waals surface area contributed by atoms with Gasteiger partial charge in [0, 0.05) is 49.0 Å². The highest BCUT2D eigenvalue weighted by Crippen LogP contribution is 2.41. The summed E-state index contributed by atoms with van der Waals surface area (Å²) in [7, 11) is 3.17. The van der Waals surface area contributed by atoms with E-state index in [0.717, 1.165) is 16.5 Å². The fourth-order valence-corrected chi connectivity index (χ4v) is 5.14. The number of ether oxygens (including phenoxy) is 3. The second kappa shape index (κ2) is 8.52. The highest BCUT2D eigenvalue weighted by Gasteiger charge is 2.35. The summed E-state index contributed by atoms with van der Waals surface area (Å²) >= 11 is 6.92. The van der Waals surface area contributed by atoms with E-state index in [-0.39, 0.29) is 30.0 Å². The number of carbonyl (C=O) groups excluding carboxylic acids is 1. The second-order valence-electron chi connectivity index (χ2n) is 8.61. The van der Waals surface area contributed by atoms with Gasteiger partial charge in [-0.05, 0) is 25.1 Å². The number of hydrogen-bond donors (Lipinski definition) is 1. The smallest absolute Gasteiger partial charge is 0.257 e. The summed E-state index contributed by atoms with van der Waals surface area (Å²) in [5.41, 5.74) is 2.87. The molecule has 8 nitrogen and oxygen atoms in total. The van der Waals surface area contributed by atoms with E-state index >= 15 is 0 Å². The largest absolute Gasteiger partial charge is 0.496 e. The van der Waals surface area contributed by atoms with Gasteiger partial charge in [0.1, 0.15) is 5.75 Å². The molecule has 174 valence electrons. The second-order valence-corrected chi connectivity index (χ2v) is 8.99. The van der Waals surface area contributed by atoms with Gasteiger partial charge in [0.2, 0.25) is 0 Å². The van der Waals surface area contributed by atoms with Gasteiger partial charge in [0.05, 0.1) is 54.6 Å². The van der Waals surface area contributed by atoms with Crippen LogP contribution in [0.2, 0.25) is 5.02 Å². The first-order valence-electron chi connectivity index (χ1n) is 10.9. The number of rotatable bonds is 6. The number of nitrogens with zero attached hydrogens (tertiary/aromatic N) is 2. The van der Waals surface area contributed by atoms with Gasteiger partial charge in [-0.15, -0.1) is 0 Å². The lowest BCUT2D eigenvalue weighted by molar-refractivity contribution is -0.105. The van der Waals surface area contributed by atoms with Crippen molar-refractivity contribution >= 4 is 28.4 Å². The van der Waals surface area contributed by atoms with Crippen LogP contribution in [0.25, 0.3) is 10.9 Å². The zero-order chi connectivity index (χ0) is 23.3. The zero-order valence-corrected chi connectivity index (χ0v) is 19.6. The van der Waals surface area contributed by atoms with Crippen molar-refractivity contribution in [2.75, 3.05) is 34.0 Å². The Bertz CT molecular complexity index is 1290. The third kappa shape index (κ3) is 3.62. The van der Waals surface area contributed by atoms with E-state index in [1.165, 1.54) is 7.11 Å². The van der Waals surface area contributed by atoms with Gasteiger partial charge in [0.25, 0.3) is 11.5 Å². The third-order valence-electron chi connectivity index (χ3n) is 6.58. The van der Waals surface area contributed by atoms with Gasteiger partial charge < -0.3 is 28.7 Å². The molecule has 2 aromatic heterocycles. The Morgan fingerprint density at radius 3 is 2.70 bits per heavy atom. The van der Waals surface area contributed by atoms with Crippen molar-refractivity contribution in [1.29, 1.82) is 0 Å². The lowest BCUT2D eigenvalue weighted by atomic mass is 9.91. The number of amides is 1. The van der Waals surface area contributed by atoms with Crippen molar-refractivity contribution in [3.05, 3.63) is 62.2 Å². The molecule has 1 N–H and O–H groups in total. The van der Waals surface area contributed by atoms with E-state index in [2.05, 4.69) is 4.98 Å². The molecule has 2 aliphatic heterocycles. The van der Waals surface area contributed by atoms with Gasteiger partial charge in [-0.25, -0.2) is 0 Å². The van der Waals surface area contributed by atoms with Crippen molar-refractivity contribution in [2.24, 2.45) is 5.92 Å². The summed E-state index contributed by atoms with van der Waals surface area (Å²) < 4.78 is 18.6. The number of aromatic nitrogens is 2. The van der Waals surface area contributed by atoms with Crippen molar-refractivity contribution in [3.8, 4) is 5.75 Å². The average molecular weight is 472 g/mol. The molecule has 1 fully saturated rings. The maximum absolute atomic E-state index is 13.9. The molecule has 0 aliphatic carbocycles. The minimum Gasteiger partial charge on any atom is -0.496 e. The first-order chi connectivity index (χ1) is 15.9. The minimum absolute atomic E-state index is 0.120. The number of halogens is 1. The van der Waals surface area contributed by atoms with Crippen molar-refractivity contribution in [2.45, 2.75) is 26.1 Å². The van der Waals surface area contributed by atoms with E-state index in [9.17, 15) is 9.59 Å². The van der Waals surface area contributed by atoms with Crippen molar-refractivity contribution in [1.82, 2.24) is 14.5 Å². The number of carbonyl (C=O) groups is 1. The molecule has 1 atom stereocenters. The van der Waals surface area contributed by atoms with Crippen LogP contribution in [-0.4, -0.2) is 54.3 Å². The van der Waals surface area contributed by atoms with Crippen LogP contribution in [-0.2, 0) is 22.6 Å². The van der Waals surface area contributed by atoms with Gasteiger partial charge in [-0.2, -0.15) is 0 Å². The van der Waals surface area contributed by atoms with E-state index in [1.54, 1.807) is 25.0 Å². The molecule has 3 aromatic rings. The highest BCUT2D eigenvalue weighted by molar-refractivity contribution is 6.36. The summed E-state index contributed by atoms with van der Waals surface area (Å²) in [5.74, 6) is 0.431. The molecular weight excluding hydrogens is 446 g/mol. The number of aryl methyl sites for hydroxylation is 1. The van der Waals surface area contributed by atoms with Crippen LogP contribution in [0.4, 0.5) is 0 Å². The Balaban J connectivity index is 1.60. The topological polar surface area (TPSA) is 85.8 Å². The summed E-state index contributed by atoms with van der Waals surface area (Å²) in [6.45, 7) is 4.13. The van der Waals surface area contributed by atoms with Crippen LogP contribution in [0, 0.1) is 12.8 Å². The lowest BCUT2D eigenvalue weighted by Gasteiger charge is -2.34. The van der Waals surface area contributed by atoms with E-state index in [0.29, 0.717) is 53.9 Å². The SMILES string of the molecule is COc1cc(C)[nH]c(=O)c1CN1CCn2ccc3cc([C@H](OC)C4COC4)c(Cl)c(c32)C1=O. The molecule has 9 heteroatoms. The maximum Gasteiger partial charge on any atom is 0.257 e. The van der Waals surface area contributed by atoms with E-state index in [1.807, 2.05) is 22.9 Å². The first kappa shape index (κ1) is 22.0. The predicted molar refractivity (Wildman–Crippen MR) is 124 cm³/mol. The van der Waals surface area contributed by atoms with Gasteiger partial charge in [-0.1, -0.05) is 11.6 Å². The first-order valence-corrected chi connectivity index (χ1v) is 11.3. The Morgan fingerprint density at radius 2 is 2.03 bits per heavy atom. The average Bonchev–Trinajstić information content (AvgIpc) is 3.09. The zero-order valence-electron chi connectivity index (χ0n) is 18.8. The van der Waals surface area contributed by atoms with Gasteiger partial charge in [0.15, 0.2) is 0 Å². The fourth-order valence-electron chi connectivity index (χ4n) is 4.81. The lowest BCUT2D eigenvalue weighted by Crippen LogP contribution is -2.35. The van der Waals surface area contributed by atoms with Crippen LogP contribution in [0.1, 0.15) is 33.3 Å². The monoisotopic (exact) mass is 471 g/mol. The number of aromatic amines is 1. The molecule has 2 aliphatic rings. The van der Waals surface area contributed by atoms with Crippen LogP contribution < -0.4 is 10.3 Å². The number of benzene rings is 1. The third-order valence-corrected chi connectivity index (χ3v) is 6.99. The molecule has 0 bridgehead atoms. The van der Waals surface area contributed by atoms with E-state index in [4.69, 9.17) is 25.8 Å². The van der Waals surface area contributed by atoms with Crippen LogP contribution in [0.5, 0.6) is 5.75 Å². The summed E-state index contributed by atoms with van der Waals surface area (Å²) in [6.07, 6.45) is 1.71. The Labute approximate surface area is 196 Å². The molecule has 0 saturated carbocycles. The summed E-state index contributed by atoms with van der Waals surface area (Å²) in [6, 6.07) is 5.78. The van der Waals surface area contributed by atoms with E-state index < -0.39 is 0 Å². The molecule has 1 amide bonds. The fraction of sp³-hybridized carbons (Fsp3) is 0.417. The maximum atomic E-state index is 13.9. The van der Waals surface area contributed by atoms with Gasteiger partial charge in [-0.3, -0.25) is 9.59 Å². The standard InChI is InChI=1S/C24H26ClN3O5/c1-13-8-18(31-2)17(23(29)26-13)10-28-7-6-27-5-4-14-9-16(22(32-3)15-11-33-12-15)20(25)19(21(14)27)24(28)30/h4-5,8-9,15,22H,6-7,10-12H2,1-3H3,(H,26,29)/t22-/m1/s1. The number of H-pyrrole nitrogens is 1. The number of nitrogens with one attached hydrogen (secondary N) is 1. The molecule has 33 heavy (non-hydrogen) atoms. The summed E-state index contributed by atoms with van der Waals surface area (Å²) in [5, 5.41) is 1.33. The van der Waals surface area contributed by atoms with Crippen LogP contribution in [0.3, 0.4) is 0 Å². The molecular formula is C24H26ClN3O5. The molecule has 0 unspecified atom stereocenters. The van der Waals surface area contributed by atoms with Crippen molar-refractivity contribution < 1.29 is 19.0 Å². The normalized spacial score (nSPS) is 17.2. The van der Waals surface area contributed by atoms with Gasteiger partial charge >= 0.3 is 0 Å². The Hall–Kier alpha value is -2.81. The molecule has 1 saturated heterocycles. The van der Waals surface area contributed by atoms with Crippen molar-refractivity contribution in [3.63, 3.8) is 0 Å².